The Morgan fingerprint density at radius 2 is 2.29 bits per heavy atom. The maximum absolute atomic E-state index is 6.02. The van der Waals surface area contributed by atoms with Gasteiger partial charge in [0.2, 0.25) is 5.28 Å². The van der Waals surface area contributed by atoms with Gasteiger partial charge in [-0.1, -0.05) is 11.6 Å². The highest BCUT2D eigenvalue weighted by atomic mass is 35.5. The molecule has 1 unspecified atom stereocenters. The molecule has 0 fully saturated rings. The summed E-state index contributed by atoms with van der Waals surface area (Å²) in [5.41, 5.74) is 6.63. The van der Waals surface area contributed by atoms with E-state index in [0.717, 1.165) is 31.4 Å². The normalized spacial score (nSPS) is 20.9. The summed E-state index contributed by atoms with van der Waals surface area (Å²) < 4.78 is 2.04. The Labute approximate surface area is 93.2 Å². The summed E-state index contributed by atoms with van der Waals surface area (Å²) in [7, 11) is 0. The molecule has 78 valence electrons. The molecule has 2 heterocycles. The topological polar surface area (TPSA) is 43.8 Å². The number of hydrogen-bond donors (Lipinski definition) is 1. The molecule has 3 nitrogen and oxygen atoms in total. The standard InChI is InChI=1S/C9H13Cl2N3/c10-8-7-3-1-2-6(4-5-12)14(7)9(11)13-8/h6H,1-5,12H2. The summed E-state index contributed by atoms with van der Waals surface area (Å²) in [6.07, 6.45) is 4.18. The molecule has 1 atom stereocenters. The first-order valence-electron chi connectivity index (χ1n) is 4.86. The van der Waals surface area contributed by atoms with Crippen LogP contribution in [0.4, 0.5) is 0 Å². The van der Waals surface area contributed by atoms with Crippen LogP contribution in [0.25, 0.3) is 0 Å². The molecule has 1 aromatic heterocycles. The van der Waals surface area contributed by atoms with Crippen LogP contribution in [0.3, 0.4) is 0 Å². The summed E-state index contributed by atoms with van der Waals surface area (Å²) in [6, 6.07) is 0.385. The fourth-order valence-electron chi connectivity index (χ4n) is 2.10. The van der Waals surface area contributed by atoms with E-state index in [2.05, 4.69) is 4.98 Å². The highest BCUT2D eigenvalue weighted by Gasteiger charge is 2.24. The smallest absolute Gasteiger partial charge is 0.204 e. The zero-order valence-corrected chi connectivity index (χ0v) is 9.35. The van der Waals surface area contributed by atoms with Gasteiger partial charge in [-0.05, 0) is 43.8 Å². The van der Waals surface area contributed by atoms with Gasteiger partial charge in [0.05, 0.1) is 5.69 Å². The predicted molar refractivity (Wildman–Crippen MR) is 57.9 cm³/mol. The summed E-state index contributed by atoms with van der Waals surface area (Å²) in [5, 5.41) is 1.06. The first-order chi connectivity index (χ1) is 6.74. The van der Waals surface area contributed by atoms with Crippen molar-refractivity contribution >= 4 is 23.2 Å². The van der Waals surface area contributed by atoms with Crippen LogP contribution in [-0.4, -0.2) is 16.1 Å². The molecule has 0 aliphatic carbocycles. The minimum Gasteiger partial charge on any atom is -0.330 e. The van der Waals surface area contributed by atoms with Gasteiger partial charge >= 0.3 is 0 Å². The minimum atomic E-state index is 0.385. The van der Waals surface area contributed by atoms with E-state index in [9.17, 15) is 0 Å². The van der Waals surface area contributed by atoms with Gasteiger partial charge in [-0.25, -0.2) is 4.98 Å². The van der Waals surface area contributed by atoms with Gasteiger partial charge in [0.15, 0.2) is 5.15 Å². The molecule has 1 aliphatic heterocycles. The average Bonchev–Trinajstić information content (AvgIpc) is 2.44. The van der Waals surface area contributed by atoms with E-state index in [-0.39, 0.29) is 0 Å². The first-order valence-corrected chi connectivity index (χ1v) is 5.61. The van der Waals surface area contributed by atoms with Crippen LogP contribution in [0.2, 0.25) is 10.4 Å². The molecule has 0 spiro atoms. The molecule has 1 aliphatic rings. The number of fused-ring (bicyclic) bond motifs is 1. The van der Waals surface area contributed by atoms with Crippen molar-refractivity contribution in [1.82, 2.24) is 9.55 Å². The van der Waals surface area contributed by atoms with Crippen molar-refractivity contribution in [2.45, 2.75) is 31.7 Å². The number of hydrogen-bond acceptors (Lipinski definition) is 2. The maximum atomic E-state index is 6.02. The summed E-state index contributed by atoms with van der Waals surface area (Å²) in [5.74, 6) is 0. The third-order valence-corrected chi connectivity index (χ3v) is 3.30. The van der Waals surface area contributed by atoms with E-state index in [1.165, 1.54) is 0 Å². The predicted octanol–water partition coefficient (Wildman–Crippen LogP) is 2.42. The number of rotatable bonds is 2. The summed E-state index contributed by atoms with van der Waals surface area (Å²) >= 11 is 12.0. The molecule has 0 saturated heterocycles. The lowest BCUT2D eigenvalue weighted by molar-refractivity contribution is 0.384. The highest BCUT2D eigenvalue weighted by Crippen LogP contribution is 2.34. The Bertz CT molecular complexity index is 335. The van der Waals surface area contributed by atoms with Crippen molar-refractivity contribution in [1.29, 1.82) is 0 Å². The lowest BCUT2D eigenvalue weighted by atomic mass is 10.0. The zero-order valence-electron chi connectivity index (χ0n) is 7.84. The second-order valence-electron chi connectivity index (χ2n) is 3.61. The van der Waals surface area contributed by atoms with Crippen LogP contribution >= 0.6 is 23.2 Å². The minimum absolute atomic E-state index is 0.385. The molecule has 14 heavy (non-hydrogen) atoms. The summed E-state index contributed by atoms with van der Waals surface area (Å²) in [6.45, 7) is 0.677. The van der Waals surface area contributed by atoms with Gasteiger partial charge in [0, 0.05) is 6.04 Å². The van der Waals surface area contributed by atoms with Crippen LogP contribution < -0.4 is 5.73 Å². The fourth-order valence-corrected chi connectivity index (χ4v) is 2.74. The van der Waals surface area contributed by atoms with Gasteiger partial charge in [-0.2, -0.15) is 0 Å². The Kier molecular flexibility index (Phi) is 3.00. The number of imidazole rings is 1. The van der Waals surface area contributed by atoms with Crippen molar-refractivity contribution < 1.29 is 0 Å². The Morgan fingerprint density at radius 3 is 3.00 bits per heavy atom. The second kappa shape index (κ2) is 4.09. The van der Waals surface area contributed by atoms with Crippen molar-refractivity contribution in [2.24, 2.45) is 5.73 Å². The van der Waals surface area contributed by atoms with E-state index in [1.54, 1.807) is 0 Å². The molecule has 5 heteroatoms. The van der Waals surface area contributed by atoms with Gasteiger partial charge in [0.25, 0.3) is 0 Å². The van der Waals surface area contributed by atoms with E-state index in [4.69, 9.17) is 28.9 Å². The third kappa shape index (κ3) is 1.64. The number of aromatic nitrogens is 2. The fraction of sp³-hybridized carbons (Fsp3) is 0.667. The van der Waals surface area contributed by atoms with Crippen molar-refractivity contribution in [3.05, 3.63) is 16.1 Å². The second-order valence-corrected chi connectivity index (χ2v) is 4.31. The van der Waals surface area contributed by atoms with Crippen LogP contribution in [0, 0.1) is 0 Å². The van der Waals surface area contributed by atoms with Crippen LogP contribution in [0.5, 0.6) is 0 Å². The lowest BCUT2D eigenvalue weighted by Gasteiger charge is -2.25. The SMILES string of the molecule is NCCC1CCCc2c(Cl)nc(Cl)n21. The molecule has 2 rings (SSSR count). The van der Waals surface area contributed by atoms with E-state index < -0.39 is 0 Å². The first kappa shape index (κ1) is 10.3. The van der Waals surface area contributed by atoms with Gasteiger partial charge in [-0.15, -0.1) is 0 Å². The molecule has 0 saturated carbocycles. The third-order valence-electron chi connectivity index (χ3n) is 2.73. The molecule has 0 amide bonds. The lowest BCUT2D eigenvalue weighted by Crippen LogP contribution is -2.20. The van der Waals surface area contributed by atoms with Gasteiger partial charge in [0.1, 0.15) is 0 Å². The summed E-state index contributed by atoms with van der Waals surface area (Å²) in [4.78, 5) is 4.08. The molecule has 2 N–H and O–H groups in total. The molecule has 0 radical (unpaired) electrons. The molecule has 0 aromatic carbocycles. The number of nitrogens with zero attached hydrogens (tertiary/aromatic N) is 2. The van der Waals surface area contributed by atoms with Crippen LogP contribution in [0.1, 0.15) is 31.0 Å². The monoisotopic (exact) mass is 233 g/mol. The van der Waals surface area contributed by atoms with Gasteiger partial charge < -0.3 is 10.3 Å². The Hall–Kier alpha value is -0.250. The van der Waals surface area contributed by atoms with Crippen molar-refractivity contribution in [3.8, 4) is 0 Å². The Morgan fingerprint density at radius 1 is 1.50 bits per heavy atom. The zero-order chi connectivity index (χ0) is 10.1. The van der Waals surface area contributed by atoms with Crippen molar-refractivity contribution in [3.63, 3.8) is 0 Å². The largest absolute Gasteiger partial charge is 0.330 e. The maximum Gasteiger partial charge on any atom is 0.204 e. The van der Waals surface area contributed by atoms with E-state index >= 15 is 0 Å². The highest BCUT2D eigenvalue weighted by molar-refractivity contribution is 6.33. The van der Waals surface area contributed by atoms with Crippen LogP contribution in [0.15, 0.2) is 0 Å². The van der Waals surface area contributed by atoms with Crippen molar-refractivity contribution in [2.75, 3.05) is 6.54 Å². The quantitative estimate of drug-likeness (QED) is 0.853. The molecular formula is C9H13Cl2N3. The molecule has 0 bridgehead atoms. The number of nitrogens with two attached hydrogens (primary N) is 1. The Balaban J connectivity index is 2.37. The van der Waals surface area contributed by atoms with Crippen LogP contribution in [-0.2, 0) is 6.42 Å². The van der Waals surface area contributed by atoms with E-state index in [0.29, 0.717) is 23.0 Å². The van der Waals surface area contributed by atoms with E-state index in [1.807, 2.05) is 4.57 Å². The molecular weight excluding hydrogens is 221 g/mol. The average molecular weight is 234 g/mol. The molecule has 1 aromatic rings. The number of halogens is 2. The van der Waals surface area contributed by atoms with Gasteiger partial charge in [-0.3, -0.25) is 0 Å².